The van der Waals surface area contributed by atoms with Crippen molar-refractivity contribution in [1.82, 2.24) is 5.32 Å². The Morgan fingerprint density at radius 2 is 2.11 bits per heavy atom. The first-order valence-corrected chi connectivity index (χ1v) is 9.17. The fourth-order valence-corrected chi connectivity index (χ4v) is 2.71. The lowest BCUT2D eigenvalue weighted by atomic mass is 10.1. The maximum atomic E-state index is 12.1. The van der Waals surface area contributed by atoms with Gasteiger partial charge in [-0.2, -0.15) is 5.26 Å². The van der Waals surface area contributed by atoms with E-state index < -0.39 is 10.8 Å². The number of nitrogens with one attached hydrogen (secondary N) is 1. The SMILES string of the molecule is CC(C)NC(=O)/C(C#N)=C\c1cc(Br)ccc1OCc1cccc([N+](=O)[O-])c1. The van der Waals surface area contributed by atoms with Crippen molar-refractivity contribution in [2.75, 3.05) is 0 Å². The third-order valence-corrected chi connectivity index (χ3v) is 4.07. The van der Waals surface area contributed by atoms with E-state index in [4.69, 9.17) is 4.74 Å². The predicted molar refractivity (Wildman–Crippen MR) is 108 cm³/mol. The summed E-state index contributed by atoms with van der Waals surface area (Å²) >= 11 is 3.36. The number of rotatable bonds is 7. The van der Waals surface area contributed by atoms with Crippen LogP contribution in [-0.4, -0.2) is 16.9 Å². The average molecular weight is 444 g/mol. The van der Waals surface area contributed by atoms with Crippen LogP contribution in [0.15, 0.2) is 52.5 Å². The van der Waals surface area contributed by atoms with Crippen LogP contribution in [0.3, 0.4) is 0 Å². The second kappa shape index (κ2) is 9.67. The highest BCUT2D eigenvalue weighted by Gasteiger charge is 2.13. The van der Waals surface area contributed by atoms with Crippen LogP contribution in [0.5, 0.6) is 5.75 Å². The summed E-state index contributed by atoms with van der Waals surface area (Å²) in [7, 11) is 0. The van der Waals surface area contributed by atoms with E-state index in [1.165, 1.54) is 18.2 Å². The number of carbonyl (C=O) groups excluding carboxylic acids is 1. The maximum Gasteiger partial charge on any atom is 0.269 e. The molecule has 8 heteroatoms. The Morgan fingerprint density at radius 3 is 2.75 bits per heavy atom. The van der Waals surface area contributed by atoms with Crippen LogP contribution in [-0.2, 0) is 11.4 Å². The van der Waals surface area contributed by atoms with Crippen molar-refractivity contribution in [3.8, 4) is 11.8 Å². The number of hydrogen-bond acceptors (Lipinski definition) is 5. The molecule has 7 nitrogen and oxygen atoms in total. The second-order valence-corrected chi connectivity index (χ2v) is 7.11. The standard InChI is InChI=1S/C20H18BrN3O4/c1-13(2)23-20(25)16(11-22)9-15-10-17(21)6-7-19(15)28-12-14-4-3-5-18(8-14)24(26)27/h3-10,13H,12H2,1-2H3,(H,23,25)/b16-9-. The summed E-state index contributed by atoms with van der Waals surface area (Å²) in [6.07, 6.45) is 1.45. The lowest BCUT2D eigenvalue weighted by Gasteiger charge is -2.11. The number of non-ortho nitro benzene ring substituents is 1. The van der Waals surface area contributed by atoms with Crippen molar-refractivity contribution in [2.45, 2.75) is 26.5 Å². The van der Waals surface area contributed by atoms with Gasteiger partial charge in [0.25, 0.3) is 11.6 Å². The van der Waals surface area contributed by atoms with Crippen molar-refractivity contribution >= 4 is 33.6 Å². The van der Waals surface area contributed by atoms with Crippen LogP contribution in [0, 0.1) is 21.4 Å². The van der Waals surface area contributed by atoms with Crippen molar-refractivity contribution in [2.24, 2.45) is 0 Å². The predicted octanol–water partition coefficient (Wildman–Crippen LogP) is 4.37. The number of hydrogen-bond donors (Lipinski definition) is 1. The number of carbonyl (C=O) groups is 1. The van der Waals surface area contributed by atoms with Crippen LogP contribution < -0.4 is 10.1 Å². The van der Waals surface area contributed by atoms with E-state index >= 15 is 0 Å². The minimum atomic E-state index is -0.470. The number of nitrogens with zero attached hydrogens (tertiary/aromatic N) is 2. The summed E-state index contributed by atoms with van der Waals surface area (Å²) in [6.45, 7) is 3.71. The third-order valence-electron chi connectivity index (χ3n) is 3.57. The maximum absolute atomic E-state index is 12.1. The Kier molecular flexibility index (Phi) is 7.29. The molecule has 0 bridgehead atoms. The Labute approximate surface area is 170 Å². The molecule has 0 aliphatic heterocycles. The summed E-state index contributed by atoms with van der Waals surface area (Å²) in [4.78, 5) is 22.6. The molecule has 0 radical (unpaired) electrons. The Morgan fingerprint density at radius 1 is 1.36 bits per heavy atom. The number of ether oxygens (including phenoxy) is 1. The zero-order chi connectivity index (χ0) is 20.7. The molecule has 0 heterocycles. The molecule has 144 valence electrons. The minimum absolute atomic E-state index is 0.0193. The van der Waals surface area contributed by atoms with Crippen LogP contribution in [0.1, 0.15) is 25.0 Å². The summed E-state index contributed by atoms with van der Waals surface area (Å²) in [5.41, 5.74) is 1.10. The Balaban J connectivity index is 2.28. The van der Waals surface area contributed by atoms with Gasteiger partial charge >= 0.3 is 0 Å². The van der Waals surface area contributed by atoms with Crippen LogP contribution >= 0.6 is 15.9 Å². The van der Waals surface area contributed by atoms with E-state index in [1.54, 1.807) is 44.2 Å². The molecule has 2 aromatic carbocycles. The van der Waals surface area contributed by atoms with Crippen LogP contribution in [0.4, 0.5) is 5.69 Å². The van der Waals surface area contributed by atoms with Gasteiger partial charge in [0, 0.05) is 28.2 Å². The first kappa shape index (κ1) is 21.1. The van der Waals surface area contributed by atoms with E-state index in [2.05, 4.69) is 21.2 Å². The Bertz CT molecular complexity index is 964. The molecule has 1 amide bonds. The van der Waals surface area contributed by atoms with Crippen molar-refractivity contribution < 1.29 is 14.5 Å². The van der Waals surface area contributed by atoms with Crippen molar-refractivity contribution in [3.05, 3.63) is 73.8 Å². The molecule has 1 N–H and O–H groups in total. The van der Waals surface area contributed by atoms with E-state index in [1.807, 2.05) is 6.07 Å². The number of nitro groups is 1. The topological polar surface area (TPSA) is 105 Å². The summed E-state index contributed by atoms with van der Waals surface area (Å²) in [6, 6.07) is 13.1. The summed E-state index contributed by atoms with van der Waals surface area (Å²) < 4.78 is 6.54. The van der Waals surface area contributed by atoms with Gasteiger partial charge in [-0.15, -0.1) is 0 Å². The van der Waals surface area contributed by atoms with Gasteiger partial charge in [0.1, 0.15) is 24.0 Å². The van der Waals surface area contributed by atoms with Gasteiger partial charge in [0.05, 0.1) is 4.92 Å². The zero-order valence-electron chi connectivity index (χ0n) is 15.3. The number of nitriles is 1. The van der Waals surface area contributed by atoms with Gasteiger partial charge in [0.2, 0.25) is 0 Å². The van der Waals surface area contributed by atoms with Gasteiger partial charge < -0.3 is 10.1 Å². The van der Waals surface area contributed by atoms with Crippen LogP contribution in [0.25, 0.3) is 6.08 Å². The number of benzene rings is 2. The highest BCUT2D eigenvalue weighted by Crippen LogP contribution is 2.27. The molecular formula is C20H18BrN3O4. The Hall–Kier alpha value is -3.18. The number of halogens is 1. The van der Waals surface area contributed by atoms with Crippen molar-refractivity contribution in [1.29, 1.82) is 5.26 Å². The molecule has 0 spiro atoms. The largest absolute Gasteiger partial charge is 0.488 e. The lowest BCUT2D eigenvalue weighted by Crippen LogP contribution is -2.30. The second-order valence-electron chi connectivity index (χ2n) is 6.20. The molecule has 2 aromatic rings. The monoisotopic (exact) mass is 443 g/mol. The van der Waals surface area contributed by atoms with Crippen LogP contribution in [0.2, 0.25) is 0 Å². The van der Waals surface area contributed by atoms with E-state index in [0.29, 0.717) is 16.9 Å². The molecule has 0 atom stereocenters. The van der Waals surface area contributed by atoms with E-state index in [-0.39, 0.29) is 23.9 Å². The highest BCUT2D eigenvalue weighted by atomic mass is 79.9. The molecule has 0 saturated heterocycles. The fraction of sp³-hybridized carbons (Fsp3) is 0.200. The van der Waals surface area contributed by atoms with E-state index in [0.717, 1.165) is 4.47 Å². The van der Waals surface area contributed by atoms with E-state index in [9.17, 15) is 20.2 Å². The normalized spacial score (nSPS) is 11.0. The number of nitro benzene ring substituents is 1. The lowest BCUT2D eigenvalue weighted by molar-refractivity contribution is -0.384. The molecule has 2 rings (SSSR count). The summed E-state index contributed by atoms with van der Waals surface area (Å²) in [5.74, 6) is -0.0260. The molecule has 0 fully saturated rings. The molecule has 0 aromatic heterocycles. The average Bonchev–Trinajstić information content (AvgIpc) is 2.64. The quantitative estimate of drug-likeness (QED) is 0.296. The molecule has 0 unspecified atom stereocenters. The molecule has 0 aliphatic carbocycles. The minimum Gasteiger partial charge on any atom is -0.488 e. The molecule has 0 aliphatic rings. The first-order chi connectivity index (χ1) is 13.3. The highest BCUT2D eigenvalue weighted by molar-refractivity contribution is 9.10. The third kappa shape index (κ3) is 5.93. The van der Waals surface area contributed by atoms with Gasteiger partial charge in [-0.1, -0.05) is 28.1 Å². The molecule has 0 saturated carbocycles. The molecule has 28 heavy (non-hydrogen) atoms. The number of amides is 1. The van der Waals surface area contributed by atoms with Gasteiger partial charge in [-0.3, -0.25) is 14.9 Å². The van der Waals surface area contributed by atoms with Crippen molar-refractivity contribution in [3.63, 3.8) is 0 Å². The summed E-state index contributed by atoms with van der Waals surface area (Å²) in [5, 5.41) is 22.9. The smallest absolute Gasteiger partial charge is 0.269 e. The van der Waals surface area contributed by atoms with Gasteiger partial charge in [-0.25, -0.2) is 0 Å². The van der Waals surface area contributed by atoms with Gasteiger partial charge in [0.15, 0.2) is 0 Å². The zero-order valence-corrected chi connectivity index (χ0v) is 16.9. The first-order valence-electron chi connectivity index (χ1n) is 8.38. The van der Waals surface area contributed by atoms with Gasteiger partial charge in [-0.05, 0) is 43.7 Å². The molecular weight excluding hydrogens is 426 g/mol. The fourth-order valence-electron chi connectivity index (χ4n) is 2.33.